The highest BCUT2D eigenvalue weighted by molar-refractivity contribution is 5.96. The summed E-state index contributed by atoms with van der Waals surface area (Å²) < 4.78 is 0. The quantitative estimate of drug-likeness (QED) is 0.819. The van der Waals surface area contributed by atoms with Gasteiger partial charge in [-0.3, -0.25) is 14.6 Å². The molecule has 5 nitrogen and oxygen atoms in total. The molecule has 1 saturated carbocycles. The minimum atomic E-state index is -1.05. The number of carbonyl (C=O) groups excluding carboxylic acids is 1. The minimum absolute atomic E-state index is 0.371. The van der Waals surface area contributed by atoms with Gasteiger partial charge in [-0.2, -0.15) is 0 Å². The van der Waals surface area contributed by atoms with Crippen LogP contribution in [0.5, 0.6) is 0 Å². The first-order valence-electron chi connectivity index (χ1n) is 5.57. The Labute approximate surface area is 98.9 Å². The molecular weight excluding hydrogens is 220 g/mol. The number of carboxylic acid groups (broad SMARTS) is 1. The molecule has 0 radical (unpaired) electrons. The Bertz CT molecular complexity index is 455. The number of hydrogen-bond acceptors (Lipinski definition) is 3. The number of nitrogens with one attached hydrogen (secondary N) is 1. The first-order chi connectivity index (χ1) is 8.08. The zero-order chi connectivity index (χ0) is 12.4. The Morgan fingerprint density at radius 3 is 2.82 bits per heavy atom. The van der Waals surface area contributed by atoms with Crippen LogP contribution in [0, 0.1) is 0 Å². The fraction of sp³-hybridized carbons (Fsp3) is 0.417. The zero-order valence-electron chi connectivity index (χ0n) is 9.51. The van der Waals surface area contributed by atoms with Gasteiger partial charge in [0.2, 0.25) is 0 Å². The smallest absolute Gasteiger partial charge is 0.325 e. The molecule has 1 amide bonds. The summed E-state index contributed by atoms with van der Waals surface area (Å²) >= 11 is 0. The van der Waals surface area contributed by atoms with E-state index in [0.29, 0.717) is 11.5 Å². The van der Waals surface area contributed by atoms with Gasteiger partial charge in [0.1, 0.15) is 6.04 Å². The Morgan fingerprint density at radius 2 is 2.24 bits per heavy atom. The van der Waals surface area contributed by atoms with Gasteiger partial charge >= 0.3 is 5.97 Å². The lowest BCUT2D eigenvalue weighted by Crippen LogP contribution is -2.38. The highest BCUT2D eigenvalue weighted by Crippen LogP contribution is 2.38. The van der Waals surface area contributed by atoms with E-state index in [-0.39, 0.29) is 5.91 Å². The molecule has 0 aliphatic heterocycles. The highest BCUT2D eigenvalue weighted by atomic mass is 16.4. The molecule has 5 heteroatoms. The number of amides is 1. The summed E-state index contributed by atoms with van der Waals surface area (Å²) in [6.07, 6.45) is 3.82. The monoisotopic (exact) mass is 234 g/mol. The lowest BCUT2D eigenvalue weighted by molar-refractivity contribution is -0.138. The summed E-state index contributed by atoms with van der Waals surface area (Å²) in [7, 11) is 0. The van der Waals surface area contributed by atoms with Crippen molar-refractivity contribution in [1.29, 1.82) is 0 Å². The van der Waals surface area contributed by atoms with Gasteiger partial charge in [-0.1, -0.05) is 0 Å². The van der Waals surface area contributed by atoms with Crippen LogP contribution >= 0.6 is 0 Å². The third-order valence-electron chi connectivity index (χ3n) is 2.76. The fourth-order valence-corrected chi connectivity index (χ4v) is 1.53. The maximum absolute atomic E-state index is 11.8. The molecule has 1 fully saturated rings. The fourth-order valence-electron chi connectivity index (χ4n) is 1.53. The summed E-state index contributed by atoms with van der Waals surface area (Å²) in [4.78, 5) is 26.6. The molecule has 0 spiro atoms. The number of carbonyl (C=O) groups is 2. The van der Waals surface area contributed by atoms with E-state index in [1.54, 1.807) is 18.3 Å². The van der Waals surface area contributed by atoms with Gasteiger partial charge in [0, 0.05) is 23.4 Å². The Balaban J connectivity index is 2.08. The predicted octanol–water partition coefficient (Wildman–Crippen LogP) is 1.16. The summed E-state index contributed by atoms with van der Waals surface area (Å²) in [5, 5.41) is 11.1. The van der Waals surface area contributed by atoms with Crippen molar-refractivity contribution >= 4 is 11.9 Å². The third kappa shape index (κ3) is 2.81. The second-order valence-corrected chi connectivity index (χ2v) is 4.28. The van der Waals surface area contributed by atoms with Crippen molar-refractivity contribution in [1.82, 2.24) is 10.3 Å². The Morgan fingerprint density at radius 1 is 1.53 bits per heavy atom. The van der Waals surface area contributed by atoms with Crippen LogP contribution in [0.3, 0.4) is 0 Å². The molecular formula is C12H14N2O3. The standard InChI is InChI=1S/C12H14N2O3/c1-7(12(16)17)14-11(15)9-4-5-13-10(6-9)8-2-3-8/h4-8H,2-3H2,1H3,(H,14,15)(H,16,17)/t7-/m0/s1. The third-order valence-corrected chi connectivity index (χ3v) is 2.76. The molecule has 1 aromatic rings. The number of hydrogen-bond donors (Lipinski definition) is 2. The molecule has 90 valence electrons. The maximum Gasteiger partial charge on any atom is 0.325 e. The number of carboxylic acids is 1. The molecule has 1 aliphatic carbocycles. The van der Waals surface area contributed by atoms with Gasteiger partial charge in [0.05, 0.1) is 0 Å². The summed E-state index contributed by atoms with van der Waals surface area (Å²) in [6.45, 7) is 1.43. The van der Waals surface area contributed by atoms with Gasteiger partial charge in [0.15, 0.2) is 0 Å². The number of pyridine rings is 1. The van der Waals surface area contributed by atoms with Crippen molar-refractivity contribution in [2.45, 2.75) is 31.7 Å². The average Bonchev–Trinajstić information content (AvgIpc) is 3.12. The number of aliphatic carboxylic acids is 1. The molecule has 17 heavy (non-hydrogen) atoms. The Kier molecular flexibility index (Phi) is 3.08. The van der Waals surface area contributed by atoms with E-state index in [1.165, 1.54) is 6.92 Å². The second kappa shape index (κ2) is 4.53. The summed E-state index contributed by atoms with van der Waals surface area (Å²) in [5.74, 6) is -0.946. The van der Waals surface area contributed by atoms with E-state index in [4.69, 9.17) is 5.11 Å². The molecule has 0 bridgehead atoms. The largest absolute Gasteiger partial charge is 0.480 e. The maximum atomic E-state index is 11.8. The van der Waals surface area contributed by atoms with Crippen LogP contribution in [0.2, 0.25) is 0 Å². The van der Waals surface area contributed by atoms with Crippen LogP contribution in [-0.4, -0.2) is 28.0 Å². The second-order valence-electron chi connectivity index (χ2n) is 4.28. The van der Waals surface area contributed by atoms with E-state index in [2.05, 4.69) is 10.3 Å². The van der Waals surface area contributed by atoms with Crippen LogP contribution in [0.1, 0.15) is 41.7 Å². The number of nitrogens with zero attached hydrogens (tertiary/aromatic N) is 1. The normalized spacial score (nSPS) is 16.3. The van der Waals surface area contributed by atoms with Crippen molar-refractivity contribution in [3.05, 3.63) is 29.6 Å². The first-order valence-corrected chi connectivity index (χ1v) is 5.57. The van der Waals surface area contributed by atoms with Crippen LogP contribution in [-0.2, 0) is 4.79 Å². The van der Waals surface area contributed by atoms with E-state index < -0.39 is 12.0 Å². The highest BCUT2D eigenvalue weighted by Gasteiger charge is 2.25. The van der Waals surface area contributed by atoms with Crippen LogP contribution in [0.25, 0.3) is 0 Å². The lowest BCUT2D eigenvalue weighted by Gasteiger charge is -2.09. The molecule has 1 aromatic heterocycles. The van der Waals surface area contributed by atoms with Gasteiger partial charge in [-0.05, 0) is 31.9 Å². The van der Waals surface area contributed by atoms with Crippen molar-refractivity contribution in [3.8, 4) is 0 Å². The van der Waals surface area contributed by atoms with Gasteiger partial charge in [-0.15, -0.1) is 0 Å². The van der Waals surface area contributed by atoms with E-state index in [0.717, 1.165) is 18.5 Å². The first kappa shape index (κ1) is 11.6. The van der Waals surface area contributed by atoms with Gasteiger partial charge in [0.25, 0.3) is 5.91 Å². The van der Waals surface area contributed by atoms with Crippen molar-refractivity contribution < 1.29 is 14.7 Å². The van der Waals surface area contributed by atoms with Crippen LogP contribution in [0.15, 0.2) is 18.3 Å². The molecule has 0 saturated heterocycles. The van der Waals surface area contributed by atoms with E-state index >= 15 is 0 Å². The lowest BCUT2D eigenvalue weighted by atomic mass is 10.1. The summed E-state index contributed by atoms with van der Waals surface area (Å²) in [6, 6.07) is 2.44. The van der Waals surface area contributed by atoms with Gasteiger partial charge < -0.3 is 10.4 Å². The SMILES string of the molecule is C[C@H](NC(=O)c1ccnc(C2CC2)c1)C(=O)O. The molecule has 2 rings (SSSR count). The molecule has 1 aliphatic rings. The number of rotatable bonds is 4. The number of aromatic nitrogens is 1. The van der Waals surface area contributed by atoms with Crippen LogP contribution < -0.4 is 5.32 Å². The zero-order valence-corrected chi connectivity index (χ0v) is 9.51. The molecule has 0 unspecified atom stereocenters. The Hall–Kier alpha value is -1.91. The van der Waals surface area contributed by atoms with Crippen molar-refractivity contribution in [2.75, 3.05) is 0 Å². The van der Waals surface area contributed by atoms with Crippen molar-refractivity contribution in [2.24, 2.45) is 0 Å². The van der Waals surface area contributed by atoms with Crippen molar-refractivity contribution in [3.63, 3.8) is 0 Å². The molecule has 1 atom stereocenters. The predicted molar refractivity (Wildman–Crippen MR) is 60.8 cm³/mol. The average molecular weight is 234 g/mol. The summed E-state index contributed by atoms with van der Waals surface area (Å²) in [5.41, 5.74) is 1.38. The molecule has 2 N–H and O–H groups in total. The molecule has 0 aromatic carbocycles. The van der Waals surface area contributed by atoms with E-state index in [9.17, 15) is 9.59 Å². The topological polar surface area (TPSA) is 79.3 Å². The van der Waals surface area contributed by atoms with Crippen LogP contribution in [0.4, 0.5) is 0 Å². The van der Waals surface area contributed by atoms with Gasteiger partial charge in [-0.25, -0.2) is 0 Å². The van der Waals surface area contributed by atoms with E-state index in [1.807, 2.05) is 0 Å². The minimum Gasteiger partial charge on any atom is -0.480 e. The molecule has 1 heterocycles.